The van der Waals surface area contributed by atoms with Crippen LogP contribution < -0.4 is 5.32 Å². The van der Waals surface area contributed by atoms with Crippen molar-refractivity contribution in [2.75, 3.05) is 25.0 Å². The molecule has 1 saturated heterocycles. The number of likely N-dealkylation sites (tertiary alicyclic amines) is 1. The van der Waals surface area contributed by atoms with Gasteiger partial charge in [-0.15, -0.1) is 0 Å². The van der Waals surface area contributed by atoms with Crippen molar-refractivity contribution in [3.05, 3.63) is 35.4 Å². The highest BCUT2D eigenvalue weighted by atomic mass is 16.3. The summed E-state index contributed by atoms with van der Waals surface area (Å²) in [6.07, 6.45) is 5.27. The molecule has 0 unspecified atom stereocenters. The van der Waals surface area contributed by atoms with Crippen molar-refractivity contribution < 1.29 is 15.0 Å². The number of anilines is 1. The molecule has 148 valence electrons. The summed E-state index contributed by atoms with van der Waals surface area (Å²) in [5.74, 6) is 0.896. The first-order valence-corrected chi connectivity index (χ1v) is 9.09. The molecule has 9 heteroatoms. The first-order valence-electron chi connectivity index (χ1n) is 9.09. The molecule has 1 aliphatic heterocycles. The average Bonchev–Trinajstić information content (AvgIpc) is 3.20. The zero-order valence-electron chi connectivity index (χ0n) is 15.8. The zero-order chi connectivity index (χ0) is 19.6. The van der Waals surface area contributed by atoms with Gasteiger partial charge in [-0.2, -0.15) is 5.10 Å². The molecular weight excluding hydrogens is 348 g/mol. The van der Waals surface area contributed by atoms with E-state index in [1.807, 2.05) is 25.4 Å². The van der Waals surface area contributed by atoms with Gasteiger partial charge in [-0.3, -0.25) is 14.8 Å². The lowest BCUT2D eigenvalue weighted by Crippen LogP contribution is -2.21. The van der Waals surface area contributed by atoms with Crippen molar-refractivity contribution in [1.29, 1.82) is 0 Å². The molecule has 2 aromatic heterocycles. The molecular formula is C18H28N6O3. The van der Waals surface area contributed by atoms with E-state index in [9.17, 15) is 5.11 Å². The van der Waals surface area contributed by atoms with Crippen LogP contribution in [0.2, 0.25) is 0 Å². The lowest BCUT2D eigenvalue weighted by molar-refractivity contribution is -0.122. The van der Waals surface area contributed by atoms with Gasteiger partial charge in [0.05, 0.1) is 11.8 Å². The highest BCUT2D eigenvalue weighted by Crippen LogP contribution is 2.22. The molecule has 27 heavy (non-hydrogen) atoms. The summed E-state index contributed by atoms with van der Waals surface area (Å²) in [6, 6.07) is 2.05. The van der Waals surface area contributed by atoms with Crippen LogP contribution in [0.3, 0.4) is 0 Å². The summed E-state index contributed by atoms with van der Waals surface area (Å²) < 4.78 is 0. The van der Waals surface area contributed by atoms with Crippen LogP contribution >= 0.6 is 0 Å². The van der Waals surface area contributed by atoms with Crippen LogP contribution in [0.5, 0.6) is 0 Å². The third kappa shape index (κ3) is 6.61. The molecule has 0 spiro atoms. The standard InChI is InChI=1S/C17H26N6O.CH2O2/c1-3-4-18-17-19-7-13(8-20-17)9-23-10-14(16(24)11-23)6-15-5-12(2)21-22-15;2-1-3/h5,7-8,14,16,24H,3-4,6,9-11H2,1-2H3,(H,21,22)(H,18,19,20);1H,(H,2,3)/t14-,16-;/m1./s1. The number of carboxylic acid groups (broad SMARTS) is 1. The number of hydrogen-bond acceptors (Lipinski definition) is 7. The van der Waals surface area contributed by atoms with E-state index in [2.05, 4.69) is 37.3 Å². The highest BCUT2D eigenvalue weighted by molar-refractivity contribution is 5.32. The minimum Gasteiger partial charge on any atom is -0.483 e. The van der Waals surface area contributed by atoms with Crippen molar-refractivity contribution in [3.8, 4) is 0 Å². The van der Waals surface area contributed by atoms with Gasteiger partial charge in [0.2, 0.25) is 5.95 Å². The number of hydrogen-bond donors (Lipinski definition) is 4. The fourth-order valence-electron chi connectivity index (χ4n) is 3.14. The van der Waals surface area contributed by atoms with E-state index in [-0.39, 0.29) is 18.5 Å². The first-order chi connectivity index (χ1) is 13.0. The maximum Gasteiger partial charge on any atom is 0.290 e. The number of aromatic nitrogens is 4. The van der Waals surface area contributed by atoms with Crippen LogP contribution in [0.4, 0.5) is 5.95 Å². The van der Waals surface area contributed by atoms with Gasteiger partial charge in [0.1, 0.15) is 0 Å². The Morgan fingerprint density at radius 2 is 2.07 bits per heavy atom. The predicted octanol–water partition coefficient (Wildman–Crippen LogP) is 1.07. The minimum absolute atomic E-state index is 0.221. The summed E-state index contributed by atoms with van der Waals surface area (Å²) >= 11 is 0. The number of nitrogens with zero attached hydrogens (tertiary/aromatic N) is 4. The van der Waals surface area contributed by atoms with Gasteiger partial charge in [0.15, 0.2) is 0 Å². The normalized spacial score (nSPS) is 19.4. The van der Waals surface area contributed by atoms with Gasteiger partial charge >= 0.3 is 0 Å². The number of carbonyl (C=O) groups is 1. The van der Waals surface area contributed by atoms with Crippen molar-refractivity contribution in [2.24, 2.45) is 5.92 Å². The van der Waals surface area contributed by atoms with Crippen LogP contribution in [0, 0.1) is 12.8 Å². The van der Waals surface area contributed by atoms with Crippen LogP contribution in [-0.4, -0.2) is 67.5 Å². The van der Waals surface area contributed by atoms with E-state index in [0.717, 1.165) is 49.4 Å². The Hall–Kier alpha value is -2.52. The molecule has 1 fully saturated rings. The Balaban J connectivity index is 0.000000817. The molecule has 0 amide bonds. The molecule has 3 heterocycles. The molecule has 2 aromatic rings. The number of aryl methyl sites for hydroxylation is 1. The molecule has 9 nitrogen and oxygen atoms in total. The second-order valence-electron chi connectivity index (χ2n) is 6.72. The van der Waals surface area contributed by atoms with Crippen LogP contribution in [-0.2, 0) is 17.8 Å². The van der Waals surface area contributed by atoms with E-state index in [0.29, 0.717) is 12.5 Å². The van der Waals surface area contributed by atoms with E-state index in [1.54, 1.807) is 0 Å². The molecule has 2 atom stereocenters. The van der Waals surface area contributed by atoms with Gasteiger partial charge in [-0.25, -0.2) is 9.97 Å². The summed E-state index contributed by atoms with van der Waals surface area (Å²) in [4.78, 5) is 19.3. The zero-order valence-corrected chi connectivity index (χ0v) is 15.8. The highest BCUT2D eigenvalue weighted by Gasteiger charge is 2.31. The topological polar surface area (TPSA) is 127 Å². The van der Waals surface area contributed by atoms with Gasteiger partial charge in [-0.05, 0) is 25.8 Å². The largest absolute Gasteiger partial charge is 0.483 e. The van der Waals surface area contributed by atoms with Crippen LogP contribution in [0.25, 0.3) is 0 Å². The van der Waals surface area contributed by atoms with E-state index in [1.165, 1.54) is 0 Å². The van der Waals surface area contributed by atoms with E-state index >= 15 is 0 Å². The lowest BCUT2D eigenvalue weighted by atomic mass is 10.0. The number of aliphatic hydroxyl groups is 1. The predicted molar refractivity (Wildman–Crippen MR) is 101 cm³/mol. The molecule has 0 radical (unpaired) electrons. The third-order valence-corrected chi connectivity index (χ3v) is 4.36. The maximum atomic E-state index is 10.3. The van der Waals surface area contributed by atoms with Crippen molar-refractivity contribution >= 4 is 12.4 Å². The van der Waals surface area contributed by atoms with Gasteiger partial charge < -0.3 is 15.5 Å². The van der Waals surface area contributed by atoms with Crippen molar-refractivity contribution in [2.45, 2.75) is 39.3 Å². The third-order valence-electron chi connectivity index (χ3n) is 4.36. The van der Waals surface area contributed by atoms with Crippen molar-refractivity contribution in [3.63, 3.8) is 0 Å². The number of aliphatic hydroxyl groups excluding tert-OH is 1. The summed E-state index contributed by atoms with van der Waals surface area (Å²) in [7, 11) is 0. The average molecular weight is 376 g/mol. The first kappa shape index (κ1) is 20.8. The number of H-pyrrole nitrogens is 1. The minimum atomic E-state index is -0.312. The summed E-state index contributed by atoms with van der Waals surface area (Å²) in [5.41, 5.74) is 3.15. The monoisotopic (exact) mass is 376 g/mol. The molecule has 0 saturated carbocycles. The number of aromatic amines is 1. The molecule has 0 aliphatic carbocycles. The number of β-amino-alcohol motifs (C(OH)–C–C–N with tert-alkyl or cyclic N) is 1. The fourth-order valence-corrected chi connectivity index (χ4v) is 3.14. The number of rotatable bonds is 7. The number of nitrogens with one attached hydrogen (secondary N) is 2. The summed E-state index contributed by atoms with van der Waals surface area (Å²) in [6.45, 7) is 7.05. The molecule has 0 aromatic carbocycles. The Labute approximate surface area is 158 Å². The SMILES string of the molecule is CCCNc1ncc(CN2C[C@@H](Cc3cc(C)[nH]n3)[C@H](O)C2)cn1.O=CO. The van der Waals surface area contributed by atoms with Gasteiger partial charge in [-0.1, -0.05) is 6.92 Å². The van der Waals surface area contributed by atoms with E-state index < -0.39 is 0 Å². The Morgan fingerprint density at radius 1 is 1.37 bits per heavy atom. The van der Waals surface area contributed by atoms with E-state index in [4.69, 9.17) is 9.90 Å². The fraction of sp³-hybridized carbons (Fsp3) is 0.556. The van der Waals surface area contributed by atoms with Crippen molar-refractivity contribution in [1.82, 2.24) is 25.1 Å². The molecule has 4 N–H and O–H groups in total. The lowest BCUT2D eigenvalue weighted by Gasteiger charge is -2.15. The molecule has 1 aliphatic rings. The Kier molecular flexibility index (Phi) is 8.15. The van der Waals surface area contributed by atoms with Gasteiger partial charge in [0, 0.05) is 55.7 Å². The molecule has 3 rings (SSSR count). The maximum absolute atomic E-state index is 10.3. The quantitative estimate of drug-likeness (QED) is 0.528. The summed E-state index contributed by atoms with van der Waals surface area (Å²) in [5, 5.41) is 27.6. The van der Waals surface area contributed by atoms with Gasteiger partial charge in [0.25, 0.3) is 6.47 Å². The Bertz CT molecular complexity index is 691. The molecule has 0 bridgehead atoms. The van der Waals surface area contributed by atoms with Crippen LogP contribution in [0.1, 0.15) is 30.3 Å². The Morgan fingerprint density at radius 3 is 2.67 bits per heavy atom. The van der Waals surface area contributed by atoms with Crippen LogP contribution in [0.15, 0.2) is 18.5 Å². The second kappa shape index (κ2) is 10.6. The second-order valence-corrected chi connectivity index (χ2v) is 6.72. The smallest absolute Gasteiger partial charge is 0.290 e.